The molecule has 1 amide bonds. The summed E-state index contributed by atoms with van der Waals surface area (Å²) in [5.41, 5.74) is 3.06. The van der Waals surface area contributed by atoms with Crippen molar-refractivity contribution in [1.82, 2.24) is 5.32 Å². The predicted molar refractivity (Wildman–Crippen MR) is 136 cm³/mol. The number of ketones is 1. The zero-order chi connectivity index (χ0) is 25.3. The van der Waals surface area contributed by atoms with Gasteiger partial charge in [-0.1, -0.05) is 6.07 Å². The lowest BCUT2D eigenvalue weighted by Crippen LogP contribution is -2.38. The molecule has 2 atom stereocenters. The van der Waals surface area contributed by atoms with Gasteiger partial charge in [0, 0.05) is 35.6 Å². The van der Waals surface area contributed by atoms with Gasteiger partial charge < -0.3 is 24.3 Å². The smallest absolute Gasteiger partial charge is 0.225 e. The molecule has 186 valence electrons. The van der Waals surface area contributed by atoms with Crippen molar-refractivity contribution in [2.75, 3.05) is 21.3 Å². The van der Waals surface area contributed by atoms with E-state index in [0.29, 0.717) is 47.1 Å². The van der Waals surface area contributed by atoms with Crippen LogP contribution in [0.5, 0.6) is 23.0 Å². The number of benzene rings is 2. The molecule has 2 aromatic carbocycles. The second-order valence-corrected chi connectivity index (χ2v) is 9.89. The van der Waals surface area contributed by atoms with Crippen LogP contribution in [0.3, 0.4) is 0 Å². The normalized spacial score (nSPS) is 19.9. The topological polar surface area (TPSA) is 83.1 Å². The summed E-state index contributed by atoms with van der Waals surface area (Å²) in [6, 6.07) is 9.42. The highest BCUT2D eigenvalue weighted by Crippen LogP contribution is 2.47. The Hall–Kier alpha value is -3.00. The van der Waals surface area contributed by atoms with Crippen LogP contribution < -0.4 is 24.3 Å². The minimum absolute atomic E-state index is 0.0160. The lowest BCUT2D eigenvalue weighted by atomic mass is 9.73. The number of Topliss-reactive ketones (excluding diaryl/α,β-unsaturated/α-hetero) is 1. The van der Waals surface area contributed by atoms with E-state index in [9.17, 15) is 9.59 Å². The number of methoxy groups -OCH3 is 3. The summed E-state index contributed by atoms with van der Waals surface area (Å²) in [6.45, 7) is 3.92. The monoisotopic (exact) mass is 543 g/mol. The number of rotatable bonds is 7. The van der Waals surface area contributed by atoms with Crippen LogP contribution in [0.4, 0.5) is 0 Å². The number of carbonyl (C=O) groups is 2. The van der Waals surface area contributed by atoms with Crippen LogP contribution in [0.2, 0.25) is 0 Å². The number of hydrogen-bond donors (Lipinski definition) is 1. The molecule has 0 bridgehead atoms. The van der Waals surface area contributed by atoms with Gasteiger partial charge >= 0.3 is 0 Å². The molecule has 0 aromatic heterocycles. The van der Waals surface area contributed by atoms with Gasteiger partial charge in [-0.15, -0.1) is 0 Å². The molecule has 2 aromatic rings. The molecule has 2 unspecified atom stereocenters. The molecule has 1 aliphatic carbocycles. The first-order valence-electron chi connectivity index (χ1n) is 11.6. The highest BCUT2D eigenvalue weighted by Gasteiger charge is 2.39. The quantitative estimate of drug-likeness (QED) is 0.512. The number of nitrogens with one attached hydrogen (secondary N) is 1. The lowest BCUT2D eigenvalue weighted by Gasteiger charge is -2.35. The zero-order valence-corrected chi connectivity index (χ0v) is 22.2. The van der Waals surface area contributed by atoms with Crippen molar-refractivity contribution >= 4 is 27.6 Å². The van der Waals surface area contributed by atoms with E-state index in [1.165, 1.54) is 0 Å². The largest absolute Gasteiger partial charge is 0.496 e. The molecule has 0 saturated heterocycles. The molecule has 7 nitrogen and oxygen atoms in total. The van der Waals surface area contributed by atoms with Crippen molar-refractivity contribution in [3.63, 3.8) is 0 Å². The molecule has 1 aliphatic heterocycles. The molecular weight excluding hydrogens is 514 g/mol. The summed E-state index contributed by atoms with van der Waals surface area (Å²) < 4.78 is 23.2. The van der Waals surface area contributed by atoms with Crippen LogP contribution in [0.1, 0.15) is 56.1 Å². The molecule has 0 saturated carbocycles. The Bertz CT molecular complexity index is 1190. The third-order valence-electron chi connectivity index (χ3n) is 6.44. The van der Waals surface area contributed by atoms with Gasteiger partial charge in [0.2, 0.25) is 5.91 Å². The maximum Gasteiger partial charge on any atom is 0.225 e. The summed E-state index contributed by atoms with van der Waals surface area (Å²) >= 11 is 3.48. The molecule has 0 fully saturated rings. The maximum absolute atomic E-state index is 13.5. The Morgan fingerprint density at radius 3 is 2.26 bits per heavy atom. The standard InChI is InChI=1S/C27H30BrNO6/c1-14(2)35-22-7-6-15(10-25(22)34-5)16-8-20-27(21(30)9-16)18(12-26(31)29-20)17-11-24(33-4)19(28)13-23(17)32-3/h6-7,10-11,13-14,16,18H,8-9,12H2,1-5H3,(H,29,31). The molecule has 8 heteroatoms. The lowest BCUT2D eigenvalue weighted by molar-refractivity contribution is -0.122. The summed E-state index contributed by atoms with van der Waals surface area (Å²) in [5, 5.41) is 2.97. The van der Waals surface area contributed by atoms with E-state index in [-0.39, 0.29) is 30.1 Å². The summed E-state index contributed by atoms with van der Waals surface area (Å²) in [5.74, 6) is 1.92. The Balaban J connectivity index is 1.71. The Labute approximate surface area is 213 Å². The molecule has 0 spiro atoms. The minimum Gasteiger partial charge on any atom is -0.496 e. The second kappa shape index (κ2) is 10.3. The first kappa shape index (κ1) is 25.1. The van der Waals surface area contributed by atoms with Crippen LogP contribution in [0.15, 0.2) is 46.1 Å². The van der Waals surface area contributed by atoms with Crippen molar-refractivity contribution in [3.05, 3.63) is 57.2 Å². The fourth-order valence-corrected chi connectivity index (χ4v) is 5.39. The molecule has 4 rings (SSSR count). The van der Waals surface area contributed by atoms with E-state index in [4.69, 9.17) is 18.9 Å². The van der Waals surface area contributed by atoms with E-state index in [0.717, 1.165) is 15.6 Å². The maximum atomic E-state index is 13.5. The molecule has 0 radical (unpaired) electrons. The third kappa shape index (κ3) is 5.03. The molecule has 1 N–H and O–H groups in total. The van der Waals surface area contributed by atoms with E-state index < -0.39 is 5.92 Å². The van der Waals surface area contributed by atoms with E-state index in [1.807, 2.05) is 44.2 Å². The Morgan fingerprint density at radius 2 is 1.60 bits per heavy atom. The van der Waals surface area contributed by atoms with Gasteiger partial charge in [0.05, 0.1) is 31.9 Å². The number of carbonyl (C=O) groups excluding carboxylic acids is 2. The molecule has 1 heterocycles. The summed E-state index contributed by atoms with van der Waals surface area (Å²) in [6.07, 6.45) is 1.08. The highest BCUT2D eigenvalue weighted by molar-refractivity contribution is 9.10. The van der Waals surface area contributed by atoms with Gasteiger partial charge in [-0.2, -0.15) is 0 Å². The van der Waals surface area contributed by atoms with Crippen molar-refractivity contribution < 1.29 is 28.5 Å². The van der Waals surface area contributed by atoms with Crippen LogP contribution in [0, 0.1) is 0 Å². The minimum atomic E-state index is -0.402. The Morgan fingerprint density at radius 1 is 0.886 bits per heavy atom. The number of halogens is 1. The Kier molecular flexibility index (Phi) is 7.40. The number of amides is 1. The number of ether oxygens (including phenoxy) is 4. The zero-order valence-electron chi connectivity index (χ0n) is 20.6. The van der Waals surface area contributed by atoms with Crippen LogP contribution in [0.25, 0.3) is 0 Å². The SMILES string of the molecule is COc1cc(C2CC(=O)NC3=C2C(=O)CC(c2ccc(OC(C)C)c(OC)c2)C3)c(OC)cc1Br. The van der Waals surface area contributed by atoms with Gasteiger partial charge in [0.1, 0.15) is 11.5 Å². The average molecular weight is 544 g/mol. The van der Waals surface area contributed by atoms with Gasteiger partial charge in [0.15, 0.2) is 17.3 Å². The molecule has 35 heavy (non-hydrogen) atoms. The third-order valence-corrected chi connectivity index (χ3v) is 7.06. The van der Waals surface area contributed by atoms with Crippen molar-refractivity contribution in [2.24, 2.45) is 0 Å². The second-order valence-electron chi connectivity index (χ2n) is 9.03. The summed E-state index contributed by atoms with van der Waals surface area (Å²) in [4.78, 5) is 26.3. The molecular formula is C27H30BrNO6. The van der Waals surface area contributed by atoms with E-state index in [2.05, 4.69) is 21.2 Å². The van der Waals surface area contributed by atoms with Crippen LogP contribution in [-0.4, -0.2) is 39.1 Å². The average Bonchev–Trinajstić information content (AvgIpc) is 2.82. The fraction of sp³-hybridized carbons (Fsp3) is 0.407. The number of hydrogen-bond acceptors (Lipinski definition) is 6. The van der Waals surface area contributed by atoms with Gasteiger partial charge in [-0.3, -0.25) is 9.59 Å². The highest BCUT2D eigenvalue weighted by atomic mass is 79.9. The van der Waals surface area contributed by atoms with E-state index >= 15 is 0 Å². The van der Waals surface area contributed by atoms with Gasteiger partial charge in [-0.05, 0) is 71.9 Å². The summed E-state index contributed by atoms with van der Waals surface area (Å²) in [7, 11) is 4.76. The van der Waals surface area contributed by atoms with Gasteiger partial charge in [-0.25, -0.2) is 0 Å². The van der Waals surface area contributed by atoms with Gasteiger partial charge in [0.25, 0.3) is 0 Å². The van der Waals surface area contributed by atoms with Crippen molar-refractivity contribution in [1.29, 1.82) is 0 Å². The van der Waals surface area contributed by atoms with Crippen LogP contribution in [-0.2, 0) is 9.59 Å². The first-order valence-corrected chi connectivity index (χ1v) is 12.4. The predicted octanol–water partition coefficient (Wildman–Crippen LogP) is 5.27. The fourth-order valence-electron chi connectivity index (χ4n) is 4.91. The molecule has 2 aliphatic rings. The van der Waals surface area contributed by atoms with Crippen molar-refractivity contribution in [2.45, 2.75) is 51.0 Å². The van der Waals surface area contributed by atoms with Crippen molar-refractivity contribution in [3.8, 4) is 23.0 Å². The van der Waals surface area contributed by atoms with Crippen LogP contribution >= 0.6 is 15.9 Å². The van der Waals surface area contributed by atoms with E-state index in [1.54, 1.807) is 21.3 Å². The number of allylic oxidation sites excluding steroid dienone is 2. The first-order chi connectivity index (χ1) is 16.7.